The zero-order chi connectivity index (χ0) is 15.9. The van der Waals surface area contributed by atoms with Gasteiger partial charge in [0, 0.05) is 13.1 Å². The third-order valence-electron chi connectivity index (χ3n) is 3.75. The second-order valence-corrected chi connectivity index (χ2v) is 5.03. The van der Waals surface area contributed by atoms with Crippen LogP contribution in [0, 0.1) is 5.82 Å². The van der Waals surface area contributed by atoms with Gasteiger partial charge in [-0.25, -0.2) is 9.18 Å². The van der Waals surface area contributed by atoms with E-state index in [1.807, 2.05) is 0 Å². The highest BCUT2D eigenvalue weighted by Gasteiger charge is 2.42. The molecule has 2 aromatic rings. The number of carbonyl (C=O) groups excluding carboxylic acids is 2. The van der Waals surface area contributed by atoms with Gasteiger partial charge in [-0.15, -0.1) is 0 Å². The van der Waals surface area contributed by atoms with Gasteiger partial charge in [-0.1, -0.05) is 0 Å². The highest BCUT2D eigenvalue weighted by molar-refractivity contribution is 6.03. The molecule has 0 radical (unpaired) electrons. The fourth-order valence-electron chi connectivity index (χ4n) is 2.67. The molecular weight excluding hydrogens is 367 g/mol. The lowest BCUT2D eigenvalue weighted by Gasteiger charge is -2.08. The molecule has 7 heteroatoms. The number of benzene rings is 1. The maximum absolute atomic E-state index is 13.6. The van der Waals surface area contributed by atoms with Crippen molar-refractivity contribution in [3.63, 3.8) is 0 Å². The van der Waals surface area contributed by atoms with Gasteiger partial charge in [-0.05, 0) is 24.3 Å². The van der Waals surface area contributed by atoms with Crippen molar-refractivity contribution in [2.45, 2.75) is 6.04 Å². The van der Waals surface area contributed by atoms with E-state index in [-0.39, 0.29) is 22.9 Å². The highest BCUT2D eigenvalue weighted by atomic mass is 79.9. The van der Waals surface area contributed by atoms with Crippen molar-refractivity contribution in [2.24, 2.45) is 0 Å². The van der Waals surface area contributed by atoms with Crippen molar-refractivity contribution < 1.29 is 40.3 Å². The Morgan fingerprint density at radius 1 is 1.35 bits per heavy atom. The van der Waals surface area contributed by atoms with Crippen molar-refractivity contribution in [1.29, 1.82) is 0 Å². The summed E-state index contributed by atoms with van der Waals surface area (Å²) in [4.78, 5) is 25.6. The molecule has 1 aromatic heterocycles. The van der Waals surface area contributed by atoms with Crippen molar-refractivity contribution in [3.05, 3.63) is 59.7 Å². The molecule has 0 saturated carbocycles. The number of pyridine rings is 1. The molecule has 120 valence electrons. The predicted molar refractivity (Wildman–Crippen MR) is 75.9 cm³/mol. The van der Waals surface area contributed by atoms with Gasteiger partial charge >= 0.3 is 11.9 Å². The number of hydrogen-bond acceptors (Lipinski definition) is 3. The number of rotatable bonds is 2. The molecule has 0 spiro atoms. The first-order valence-corrected chi connectivity index (χ1v) is 6.69. The maximum atomic E-state index is 13.6. The minimum Gasteiger partial charge on any atom is -1.00 e. The van der Waals surface area contributed by atoms with Gasteiger partial charge in [0.15, 0.2) is 12.4 Å². The van der Waals surface area contributed by atoms with Crippen LogP contribution < -0.4 is 26.4 Å². The summed E-state index contributed by atoms with van der Waals surface area (Å²) >= 11 is 0. The molecule has 0 saturated heterocycles. The van der Waals surface area contributed by atoms with Crippen LogP contribution in [0.2, 0.25) is 0 Å². The van der Waals surface area contributed by atoms with E-state index in [0.717, 1.165) is 0 Å². The molecule has 0 fully saturated rings. The Morgan fingerprint density at radius 2 is 2.09 bits per heavy atom. The number of hydrogen-bond donors (Lipinski definition) is 0. The van der Waals surface area contributed by atoms with Crippen LogP contribution in [-0.4, -0.2) is 26.0 Å². The van der Waals surface area contributed by atoms with E-state index in [1.54, 1.807) is 36.0 Å². The van der Waals surface area contributed by atoms with Gasteiger partial charge in [0.2, 0.25) is 0 Å². The number of amides is 1. The first-order valence-electron chi connectivity index (χ1n) is 6.69. The molecule has 0 aliphatic carbocycles. The summed E-state index contributed by atoms with van der Waals surface area (Å²) in [5, 5.41) is 0. The molecule has 1 unspecified atom stereocenters. The number of carbonyl (C=O) groups is 2. The summed E-state index contributed by atoms with van der Waals surface area (Å²) in [6.45, 7) is 0. The molecule has 0 N–H and O–H groups in total. The van der Waals surface area contributed by atoms with E-state index in [2.05, 4.69) is 4.74 Å². The van der Waals surface area contributed by atoms with Gasteiger partial charge < -0.3 is 26.6 Å². The summed E-state index contributed by atoms with van der Waals surface area (Å²) in [7, 11) is 2.93. The van der Waals surface area contributed by atoms with Gasteiger partial charge in [0.05, 0.1) is 18.4 Å². The zero-order valence-electron chi connectivity index (χ0n) is 12.5. The Labute approximate surface area is 143 Å². The smallest absolute Gasteiger partial charge is 0.343 e. The van der Waals surface area contributed by atoms with Gasteiger partial charge in [-0.2, -0.15) is 4.57 Å². The van der Waals surface area contributed by atoms with Crippen LogP contribution in [0.4, 0.5) is 10.1 Å². The van der Waals surface area contributed by atoms with Crippen molar-refractivity contribution in [1.82, 2.24) is 0 Å². The van der Waals surface area contributed by atoms with Crippen LogP contribution >= 0.6 is 0 Å². The highest BCUT2D eigenvalue weighted by Crippen LogP contribution is 2.34. The first kappa shape index (κ1) is 17.1. The number of aromatic nitrogens is 1. The fraction of sp³-hybridized carbons (Fsp3) is 0.188. The topological polar surface area (TPSA) is 50.5 Å². The van der Waals surface area contributed by atoms with Crippen molar-refractivity contribution >= 4 is 17.6 Å². The number of methoxy groups -OCH3 is 1. The van der Waals surface area contributed by atoms with Crippen molar-refractivity contribution in [3.8, 4) is 0 Å². The standard InChI is InChI=1S/C16H14FN2O3.BrH/c1-18-13-6-5-11(17)8-12(13)14(15(18)20)19-7-3-4-10(9-19)16(21)22-2;/h3-9,14H,1-2H3;1H/q+1;/p-1. The quantitative estimate of drug-likeness (QED) is 0.469. The lowest BCUT2D eigenvalue weighted by Crippen LogP contribution is -3.00. The molecule has 0 bridgehead atoms. The van der Waals surface area contributed by atoms with E-state index in [1.165, 1.54) is 30.3 Å². The molecule has 2 heterocycles. The summed E-state index contributed by atoms with van der Waals surface area (Å²) in [5.41, 5.74) is 1.55. The van der Waals surface area contributed by atoms with E-state index in [4.69, 9.17) is 0 Å². The van der Waals surface area contributed by atoms with E-state index < -0.39 is 17.8 Å². The Kier molecular flexibility index (Phi) is 4.79. The minimum atomic E-state index is -0.694. The molecule has 1 atom stereocenters. The number of fused-ring (bicyclic) bond motifs is 1. The fourth-order valence-corrected chi connectivity index (χ4v) is 2.67. The average molecular weight is 381 g/mol. The van der Waals surface area contributed by atoms with Crippen LogP contribution in [0.1, 0.15) is 22.0 Å². The van der Waals surface area contributed by atoms with Gasteiger partial charge in [-0.3, -0.25) is 4.79 Å². The number of likely N-dealkylation sites (N-methyl/N-ethyl adjacent to an activating group) is 1. The maximum Gasteiger partial charge on any atom is 0.343 e. The molecule has 1 amide bonds. The normalized spacial score (nSPS) is 15.9. The lowest BCUT2D eigenvalue weighted by atomic mass is 10.1. The van der Waals surface area contributed by atoms with Crippen LogP contribution in [0.3, 0.4) is 0 Å². The summed E-state index contributed by atoms with van der Waals surface area (Å²) in [5.74, 6) is -1.09. The summed E-state index contributed by atoms with van der Waals surface area (Å²) < 4.78 is 19.8. The van der Waals surface area contributed by atoms with Crippen LogP contribution in [-0.2, 0) is 9.53 Å². The minimum absolute atomic E-state index is 0. The van der Waals surface area contributed by atoms with E-state index >= 15 is 0 Å². The molecule has 1 aliphatic heterocycles. The number of nitrogens with zero attached hydrogens (tertiary/aromatic N) is 2. The second-order valence-electron chi connectivity index (χ2n) is 5.03. The largest absolute Gasteiger partial charge is 1.00 e. The Balaban J connectivity index is 0.00000192. The van der Waals surface area contributed by atoms with Crippen LogP contribution in [0.15, 0.2) is 42.7 Å². The van der Waals surface area contributed by atoms with Crippen LogP contribution in [0.25, 0.3) is 0 Å². The molecule has 1 aliphatic rings. The van der Waals surface area contributed by atoms with E-state index in [0.29, 0.717) is 16.8 Å². The van der Waals surface area contributed by atoms with Gasteiger partial charge in [0.1, 0.15) is 11.4 Å². The Morgan fingerprint density at radius 3 is 2.78 bits per heavy atom. The Hall–Kier alpha value is -2.28. The SMILES string of the molecule is COC(=O)c1ccc[n+](C2C(=O)N(C)c3ccc(F)cc32)c1.[Br-]. The second kappa shape index (κ2) is 6.45. The summed E-state index contributed by atoms with van der Waals surface area (Å²) in [6, 6.07) is 6.79. The molecular formula is C16H14BrFN2O3. The number of ether oxygens (including phenoxy) is 1. The zero-order valence-corrected chi connectivity index (χ0v) is 14.1. The number of halogens is 2. The summed E-state index contributed by atoms with van der Waals surface area (Å²) in [6.07, 6.45) is 3.20. The number of esters is 1. The predicted octanol–water partition coefficient (Wildman–Crippen LogP) is -1.53. The molecule has 1 aromatic carbocycles. The number of anilines is 1. The average Bonchev–Trinajstić information content (AvgIpc) is 2.77. The van der Waals surface area contributed by atoms with Gasteiger partial charge in [0.25, 0.3) is 6.04 Å². The Bertz CT molecular complexity index is 782. The first-order chi connectivity index (χ1) is 10.5. The van der Waals surface area contributed by atoms with Crippen LogP contribution in [0.5, 0.6) is 0 Å². The molecule has 3 rings (SSSR count). The molecule has 23 heavy (non-hydrogen) atoms. The lowest BCUT2D eigenvalue weighted by molar-refractivity contribution is -0.699. The molecule has 5 nitrogen and oxygen atoms in total. The monoisotopic (exact) mass is 380 g/mol. The third-order valence-corrected chi connectivity index (χ3v) is 3.75. The third kappa shape index (κ3) is 2.84. The van der Waals surface area contributed by atoms with Crippen molar-refractivity contribution in [2.75, 3.05) is 19.1 Å². The van der Waals surface area contributed by atoms with E-state index in [9.17, 15) is 14.0 Å².